The summed E-state index contributed by atoms with van der Waals surface area (Å²) in [5.74, 6) is 0.0418. The van der Waals surface area contributed by atoms with Crippen LogP contribution in [0.5, 0.6) is 0 Å². The van der Waals surface area contributed by atoms with E-state index in [2.05, 4.69) is 15.9 Å². The molecule has 0 spiro atoms. The van der Waals surface area contributed by atoms with E-state index in [1.54, 1.807) is 13.0 Å². The molecular formula is C10H10BrClO. The molecule has 0 unspecified atom stereocenters. The number of rotatable bonds is 1. The van der Waals surface area contributed by atoms with Crippen LogP contribution in [0.3, 0.4) is 0 Å². The third-order valence-corrected chi connectivity index (χ3v) is 3.65. The van der Waals surface area contributed by atoms with Gasteiger partial charge in [0.15, 0.2) is 5.78 Å². The molecule has 0 radical (unpaired) electrons. The Bertz CT molecular complexity index is 372. The molecule has 0 fully saturated rings. The summed E-state index contributed by atoms with van der Waals surface area (Å²) in [7, 11) is 0. The normalized spacial score (nSPS) is 10.2. The summed E-state index contributed by atoms with van der Waals surface area (Å²) in [5.41, 5.74) is 2.61. The van der Waals surface area contributed by atoms with Crippen molar-refractivity contribution in [3.05, 3.63) is 32.3 Å². The highest BCUT2D eigenvalue weighted by atomic mass is 79.9. The highest BCUT2D eigenvalue weighted by Crippen LogP contribution is 2.30. The molecule has 0 amide bonds. The number of hydrogen-bond acceptors (Lipinski definition) is 1. The van der Waals surface area contributed by atoms with E-state index < -0.39 is 0 Å². The van der Waals surface area contributed by atoms with Gasteiger partial charge in [-0.2, -0.15) is 0 Å². The van der Waals surface area contributed by atoms with Crippen LogP contribution < -0.4 is 0 Å². The van der Waals surface area contributed by atoms with Crippen molar-refractivity contribution in [2.45, 2.75) is 20.8 Å². The number of ketones is 1. The van der Waals surface area contributed by atoms with Gasteiger partial charge in [-0.15, -0.1) is 0 Å². The van der Waals surface area contributed by atoms with Gasteiger partial charge in [0.1, 0.15) is 0 Å². The first-order valence-corrected chi connectivity index (χ1v) is 5.08. The monoisotopic (exact) mass is 260 g/mol. The molecule has 70 valence electrons. The minimum absolute atomic E-state index is 0.0418. The maximum atomic E-state index is 11.2. The molecule has 0 aliphatic heterocycles. The molecule has 0 heterocycles. The standard InChI is InChI=1S/C10H10BrClO/c1-5-8(7(3)13)4-9(12)6(2)10(5)11/h4H,1-3H3. The van der Waals surface area contributed by atoms with Crippen molar-refractivity contribution in [1.29, 1.82) is 0 Å². The van der Waals surface area contributed by atoms with Crippen molar-refractivity contribution >= 4 is 33.3 Å². The van der Waals surface area contributed by atoms with E-state index in [1.807, 2.05) is 13.8 Å². The van der Waals surface area contributed by atoms with Gasteiger partial charge in [-0.3, -0.25) is 4.79 Å². The molecule has 0 saturated heterocycles. The second-order valence-electron chi connectivity index (χ2n) is 3.03. The van der Waals surface area contributed by atoms with Gasteiger partial charge in [-0.05, 0) is 38.0 Å². The summed E-state index contributed by atoms with van der Waals surface area (Å²) in [6, 6.07) is 1.72. The highest BCUT2D eigenvalue weighted by Gasteiger charge is 2.11. The predicted octanol–water partition coefficient (Wildman–Crippen LogP) is 3.92. The summed E-state index contributed by atoms with van der Waals surface area (Å²) < 4.78 is 0.921. The van der Waals surface area contributed by atoms with Crippen molar-refractivity contribution in [2.75, 3.05) is 0 Å². The van der Waals surface area contributed by atoms with Crippen molar-refractivity contribution in [3.8, 4) is 0 Å². The lowest BCUT2D eigenvalue weighted by Gasteiger charge is -2.09. The third kappa shape index (κ3) is 1.94. The summed E-state index contributed by atoms with van der Waals surface area (Å²) >= 11 is 9.37. The zero-order valence-corrected chi connectivity index (χ0v) is 10.1. The van der Waals surface area contributed by atoms with Crippen molar-refractivity contribution in [3.63, 3.8) is 0 Å². The van der Waals surface area contributed by atoms with Crippen molar-refractivity contribution in [2.24, 2.45) is 0 Å². The van der Waals surface area contributed by atoms with Crippen molar-refractivity contribution < 1.29 is 4.79 Å². The van der Waals surface area contributed by atoms with E-state index in [0.29, 0.717) is 10.6 Å². The molecular weight excluding hydrogens is 251 g/mol. The minimum atomic E-state index is 0.0418. The Morgan fingerprint density at radius 1 is 1.38 bits per heavy atom. The van der Waals surface area contributed by atoms with Crippen LogP contribution in [-0.2, 0) is 0 Å². The summed E-state index contributed by atoms with van der Waals surface area (Å²) in [5, 5.41) is 0.627. The van der Waals surface area contributed by atoms with E-state index in [0.717, 1.165) is 15.6 Å². The number of halogens is 2. The summed E-state index contributed by atoms with van der Waals surface area (Å²) in [6.45, 7) is 5.37. The van der Waals surface area contributed by atoms with Gasteiger partial charge >= 0.3 is 0 Å². The molecule has 1 aromatic carbocycles. The van der Waals surface area contributed by atoms with E-state index in [4.69, 9.17) is 11.6 Å². The topological polar surface area (TPSA) is 17.1 Å². The fourth-order valence-electron chi connectivity index (χ4n) is 1.21. The van der Waals surface area contributed by atoms with E-state index in [9.17, 15) is 4.79 Å². The van der Waals surface area contributed by atoms with Crippen LogP contribution in [0.4, 0.5) is 0 Å². The quantitative estimate of drug-likeness (QED) is 0.700. The Morgan fingerprint density at radius 2 is 1.92 bits per heavy atom. The van der Waals surface area contributed by atoms with E-state index >= 15 is 0 Å². The predicted molar refractivity (Wildman–Crippen MR) is 58.6 cm³/mol. The zero-order valence-electron chi connectivity index (χ0n) is 7.74. The maximum Gasteiger partial charge on any atom is 0.160 e. The summed E-state index contributed by atoms with van der Waals surface area (Å²) in [4.78, 5) is 11.2. The van der Waals surface area contributed by atoms with Crippen LogP contribution in [0.25, 0.3) is 0 Å². The molecule has 0 atom stereocenters. The number of benzene rings is 1. The highest BCUT2D eigenvalue weighted by molar-refractivity contribution is 9.10. The SMILES string of the molecule is CC(=O)c1cc(Cl)c(C)c(Br)c1C. The first kappa shape index (κ1) is 10.7. The minimum Gasteiger partial charge on any atom is -0.294 e. The number of hydrogen-bond donors (Lipinski definition) is 0. The molecule has 13 heavy (non-hydrogen) atoms. The average Bonchev–Trinajstić information content (AvgIpc) is 2.07. The first-order chi connectivity index (χ1) is 5.95. The first-order valence-electron chi connectivity index (χ1n) is 3.91. The molecule has 0 bridgehead atoms. The molecule has 3 heteroatoms. The smallest absolute Gasteiger partial charge is 0.160 e. The fraction of sp³-hybridized carbons (Fsp3) is 0.300. The Balaban J connectivity index is 3.50. The maximum absolute atomic E-state index is 11.2. The third-order valence-electron chi connectivity index (χ3n) is 2.07. The Morgan fingerprint density at radius 3 is 2.38 bits per heavy atom. The van der Waals surface area contributed by atoms with Gasteiger partial charge < -0.3 is 0 Å². The van der Waals surface area contributed by atoms with Crippen LogP contribution in [-0.4, -0.2) is 5.78 Å². The van der Waals surface area contributed by atoms with Gasteiger partial charge in [0.25, 0.3) is 0 Å². The summed E-state index contributed by atoms with van der Waals surface area (Å²) in [6.07, 6.45) is 0. The van der Waals surface area contributed by atoms with Gasteiger partial charge in [-0.1, -0.05) is 27.5 Å². The zero-order chi connectivity index (χ0) is 10.2. The molecule has 0 aliphatic rings. The molecule has 0 aliphatic carbocycles. The number of Topliss-reactive ketones (excluding diaryl/α,β-unsaturated/α-hetero) is 1. The van der Waals surface area contributed by atoms with Gasteiger partial charge in [0.2, 0.25) is 0 Å². The largest absolute Gasteiger partial charge is 0.294 e. The Hall–Kier alpha value is -0.340. The Kier molecular flexibility index (Phi) is 3.14. The lowest BCUT2D eigenvalue weighted by Crippen LogP contribution is -1.98. The van der Waals surface area contributed by atoms with Crippen LogP contribution in [0.15, 0.2) is 10.5 Å². The Labute approximate surface area is 91.2 Å². The lowest BCUT2D eigenvalue weighted by molar-refractivity contribution is 0.101. The molecule has 1 nitrogen and oxygen atoms in total. The molecule has 0 aromatic heterocycles. The average molecular weight is 262 g/mol. The van der Waals surface area contributed by atoms with E-state index in [1.165, 1.54) is 0 Å². The lowest BCUT2D eigenvalue weighted by atomic mass is 10.0. The van der Waals surface area contributed by atoms with Gasteiger partial charge in [0.05, 0.1) is 0 Å². The second-order valence-corrected chi connectivity index (χ2v) is 4.23. The number of carbonyl (C=O) groups is 1. The number of carbonyl (C=O) groups excluding carboxylic acids is 1. The molecule has 1 rings (SSSR count). The van der Waals surface area contributed by atoms with Crippen LogP contribution in [0.2, 0.25) is 5.02 Å². The van der Waals surface area contributed by atoms with Crippen LogP contribution >= 0.6 is 27.5 Å². The second kappa shape index (κ2) is 3.81. The van der Waals surface area contributed by atoms with Crippen LogP contribution in [0.1, 0.15) is 28.4 Å². The van der Waals surface area contributed by atoms with Crippen LogP contribution in [0, 0.1) is 13.8 Å². The molecule has 1 aromatic rings. The molecule has 0 saturated carbocycles. The van der Waals surface area contributed by atoms with Crippen molar-refractivity contribution in [1.82, 2.24) is 0 Å². The van der Waals surface area contributed by atoms with E-state index in [-0.39, 0.29) is 5.78 Å². The fourth-order valence-corrected chi connectivity index (χ4v) is 1.96. The van der Waals surface area contributed by atoms with Gasteiger partial charge in [0, 0.05) is 15.1 Å². The van der Waals surface area contributed by atoms with Gasteiger partial charge in [-0.25, -0.2) is 0 Å². The molecule has 0 N–H and O–H groups in total.